The van der Waals surface area contributed by atoms with Gasteiger partial charge in [-0.2, -0.15) is 0 Å². The summed E-state index contributed by atoms with van der Waals surface area (Å²) in [5.74, 6) is -0.478. The first-order chi connectivity index (χ1) is 15.0. The van der Waals surface area contributed by atoms with E-state index < -0.39 is 6.04 Å². The number of aryl methyl sites for hydroxylation is 2. The summed E-state index contributed by atoms with van der Waals surface area (Å²) >= 11 is 0. The van der Waals surface area contributed by atoms with Gasteiger partial charge in [-0.3, -0.25) is 14.9 Å². The van der Waals surface area contributed by atoms with E-state index in [1.165, 1.54) is 0 Å². The number of hydrogen-bond donors (Lipinski definition) is 3. The summed E-state index contributed by atoms with van der Waals surface area (Å²) in [6, 6.07) is 25.2. The van der Waals surface area contributed by atoms with Gasteiger partial charge in [0, 0.05) is 5.69 Å². The lowest BCUT2D eigenvalue weighted by Gasteiger charge is -2.24. The average molecular weight is 416 g/mol. The summed E-state index contributed by atoms with van der Waals surface area (Å²) in [7, 11) is 0. The van der Waals surface area contributed by atoms with Crippen molar-refractivity contribution in [2.75, 3.05) is 11.9 Å². The molecule has 0 spiro atoms. The summed E-state index contributed by atoms with van der Waals surface area (Å²) < 4.78 is 0. The van der Waals surface area contributed by atoms with Crippen LogP contribution in [0.15, 0.2) is 78.9 Å². The summed E-state index contributed by atoms with van der Waals surface area (Å²) in [5, 5.41) is 9.02. The number of amides is 2. The molecule has 0 aliphatic heterocycles. The number of para-hydroxylation sites is 1. The third-order valence-electron chi connectivity index (χ3n) is 5.24. The molecule has 3 N–H and O–H groups in total. The van der Waals surface area contributed by atoms with Crippen molar-refractivity contribution in [3.8, 4) is 0 Å². The van der Waals surface area contributed by atoms with Crippen LogP contribution in [0.1, 0.15) is 35.2 Å². The fourth-order valence-electron chi connectivity index (χ4n) is 3.52. The zero-order valence-corrected chi connectivity index (χ0v) is 18.2. The van der Waals surface area contributed by atoms with Gasteiger partial charge >= 0.3 is 0 Å². The molecule has 2 amide bonds. The van der Waals surface area contributed by atoms with E-state index in [4.69, 9.17) is 0 Å². The molecular weight excluding hydrogens is 386 g/mol. The predicted octanol–water partition coefficient (Wildman–Crippen LogP) is 4.13. The molecule has 1 atom stereocenters. The Morgan fingerprint density at radius 2 is 1.29 bits per heavy atom. The maximum atomic E-state index is 12.7. The van der Waals surface area contributed by atoms with Crippen LogP contribution in [0.4, 0.5) is 5.69 Å². The first-order valence-corrected chi connectivity index (χ1v) is 10.5. The summed E-state index contributed by atoms with van der Waals surface area (Å²) in [6.07, 6.45) is 0. The van der Waals surface area contributed by atoms with Crippen molar-refractivity contribution in [2.45, 2.75) is 32.9 Å². The molecule has 31 heavy (non-hydrogen) atoms. The molecular formula is C26H29N3O2. The van der Waals surface area contributed by atoms with Gasteiger partial charge in [0.05, 0.1) is 18.6 Å². The Morgan fingerprint density at radius 3 is 1.81 bits per heavy atom. The maximum absolute atomic E-state index is 12.7. The van der Waals surface area contributed by atoms with Gasteiger partial charge in [-0.25, -0.2) is 0 Å². The van der Waals surface area contributed by atoms with Gasteiger partial charge < -0.3 is 10.6 Å². The van der Waals surface area contributed by atoms with Crippen molar-refractivity contribution in [3.63, 3.8) is 0 Å². The highest BCUT2D eigenvalue weighted by Crippen LogP contribution is 2.22. The van der Waals surface area contributed by atoms with Crippen LogP contribution in [0.3, 0.4) is 0 Å². The van der Waals surface area contributed by atoms with E-state index in [9.17, 15) is 9.59 Å². The number of anilines is 1. The lowest BCUT2D eigenvalue weighted by atomic mass is 9.98. The fraction of sp³-hybridized carbons (Fsp3) is 0.231. The molecule has 0 aliphatic rings. The van der Waals surface area contributed by atoms with Crippen LogP contribution in [0.2, 0.25) is 0 Å². The van der Waals surface area contributed by atoms with Gasteiger partial charge in [0.15, 0.2) is 0 Å². The van der Waals surface area contributed by atoms with Crippen molar-refractivity contribution in [1.82, 2.24) is 10.6 Å². The zero-order valence-electron chi connectivity index (χ0n) is 18.2. The molecule has 0 fully saturated rings. The van der Waals surface area contributed by atoms with Crippen molar-refractivity contribution >= 4 is 17.5 Å². The van der Waals surface area contributed by atoms with Gasteiger partial charge in [-0.1, -0.05) is 78.9 Å². The van der Waals surface area contributed by atoms with E-state index in [1.54, 1.807) is 6.92 Å². The van der Waals surface area contributed by atoms with Crippen molar-refractivity contribution in [3.05, 3.63) is 101 Å². The molecule has 0 aliphatic carbocycles. The van der Waals surface area contributed by atoms with Crippen LogP contribution in [0.25, 0.3) is 0 Å². The molecule has 3 aromatic rings. The molecule has 0 saturated heterocycles. The topological polar surface area (TPSA) is 70.2 Å². The summed E-state index contributed by atoms with van der Waals surface area (Å²) in [5.41, 5.74) is 4.91. The second kappa shape index (κ2) is 10.5. The average Bonchev–Trinajstić information content (AvgIpc) is 2.79. The maximum Gasteiger partial charge on any atom is 0.243 e. The largest absolute Gasteiger partial charge is 0.346 e. The van der Waals surface area contributed by atoms with E-state index in [0.717, 1.165) is 27.9 Å². The second-order valence-corrected chi connectivity index (χ2v) is 7.68. The number of benzene rings is 3. The summed E-state index contributed by atoms with van der Waals surface area (Å²) in [4.78, 5) is 25.0. The Morgan fingerprint density at radius 1 is 0.774 bits per heavy atom. The molecule has 160 valence electrons. The smallest absolute Gasteiger partial charge is 0.243 e. The van der Waals surface area contributed by atoms with E-state index in [1.807, 2.05) is 92.7 Å². The first kappa shape index (κ1) is 22.2. The Bertz CT molecular complexity index is 960. The number of hydrogen-bond acceptors (Lipinski definition) is 3. The highest BCUT2D eigenvalue weighted by Gasteiger charge is 2.21. The standard InChI is InChI=1S/C26H29N3O2/c1-18-11-10-12-19(2)24(18)29-23(30)17-27-26(31)20(3)28-25(21-13-6-4-7-14-21)22-15-8-5-9-16-22/h4-16,20,25,28H,17H2,1-3H3,(H,27,31)(H,29,30)/t20-/m1/s1. The van der Waals surface area contributed by atoms with Crippen molar-refractivity contribution in [2.24, 2.45) is 0 Å². The van der Waals surface area contributed by atoms with Crippen LogP contribution in [-0.2, 0) is 9.59 Å². The molecule has 5 nitrogen and oxygen atoms in total. The zero-order chi connectivity index (χ0) is 22.2. The lowest BCUT2D eigenvalue weighted by molar-refractivity contribution is -0.125. The molecule has 0 aromatic heterocycles. The van der Waals surface area contributed by atoms with E-state index in [-0.39, 0.29) is 24.4 Å². The minimum absolute atomic E-state index is 0.0834. The predicted molar refractivity (Wildman–Crippen MR) is 125 cm³/mol. The normalized spacial score (nSPS) is 11.7. The van der Waals surface area contributed by atoms with Gasteiger partial charge in [-0.05, 0) is 43.0 Å². The second-order valence-electron chi connectivity index (χ2n) is 7.68. The van der Waals surface area contributed by atoms with Gasteiger partial charge in [0.1, 0.15) is 0 Å². The van der Waals surface area contributed by atoms with E-state index in [2.05, 4.69) is 16.0 Å². The third-order valence-corrected chi connectivity index (χ3v) is 5.24. The van der Waals surface area contributed by atoms with Gasteiger partial charge in [0.25, 0.3) is 0 Å². The van der Waals surface area contributed by atoms with Crippen LogP contribution >= 0.6 is 0 Å². The van der Waals surface area contributed by atoms with Crippen molar-refractivity contribution < 1.29 is 9.59 Å². The number of carbonyl (C=O) groups excluding carboxylic acids is 2. The van der Waals surface area contributed by atoms with Gasteiger partial charge in [-0.15, -0.1) is 0 Å². The fourth-order valence-corrected chi connectivity index (χ4v) is 3.52. The summed E-state index contributed by atoms with van der Waals surface area (Å²) in [6.45, 7) is 5.61. The van der Waals surface area contributed by atoms with E-state index >= 15 is 0 Å². The van der Waals surface area contributed by atoms with Crippen LogP contribution in [-0.4, -0.2) is 24.4 Å². The number of rotatable bonds is 8. The van der Waals surface area contributed by atoms with E-state index in [0.29, 0.717) is 0 Å². The molecule has 0 saturated carbocycles. The highest BCUT2D eigenvalue weighted by molar-refractivity contribution is 5.96. The van der Waals surface area contributed by atoms with Crippen molar-refractivity contribution in [1.29, 1.82) is 0 Å². The quantitative estimate of drug-likeness (QED) is 0.518. The monoisotopic (exact) mass is 415 g/mol. The van der Waals surface area contributed by atoms with Crippen LogP contribution < -0.4 is 16.0 Å². The molecule has 0 unspecified atom stereocenters. The molecule has 3 aromatic carbocycles. The Hall–Kier alpha value is -3.44. The first-order valence-electron chi connectivity index (χ1n) is 10.5. The number of carbonyl (C=O) groups is 2. The molecule has 3 rings (SSSR count). The van der Waals surface area contributed by atoms with Crippen LogP contribution in [0.5, 0.6) is 0 Å². The Kier molecular flexibility index (Phi) is 7.57. The third kappa shape index (κ3) is 6.03. The number of nitrogens with one attached hydrogen (secondary N) is 3. The molecule has 0 radical (unpaired) electrons. The molecule has 0 bridgehead atoms. The Balaban J connectivity index is 1.61. The van der Waals surface area contributed by atoms with Crippen LogP contribution in [0, 0.1) is 13.8 Å². The highest BCUT2D eigenvalue weighted by atomic mass is 16.2. The minimum atomic E-state index is -0.488. The molecule has 5 heteroatoms. The molecule has 0 heterocycles. The van der Waals surface area contributed by atoms with Gasteiger partial charge in [0.2, 0.25) is 11.8 Å². The lowest BCUT2D eigenvalue weighted by Crippen LogP contribution is -2.46. The minimum Gasteiger partial charge on any atom is -0.346 e. The SMILES string of the molecule is Cc1cccc(C)c1NC(=O)CNC(=O)[C@@H](C)NC(c1ccccc1)c1ccccc1. The Labute approximate surface area is 183 Å².